The maximum Gasteiger partial charge on any atom is 0.409 e. The van der Waals surface area contributed by atoms with E-state index in [1.807, 2.05) is 4.90 Å². The molecule has 1 aliphatic carbocycles. The number of rotatable bonds is 6. The van der Waals surface area contributed by atoms with Crippen molar-refractivity contribution < 1.29 is 19.1 Å². The van der Waals surface area contributed by atoms with Crippen molar-refractivity contribution in [2.75, 3.05) is 53.0 Å². The van der Waals surface area contributed by atoms with Crippen LogP contribution in [-0.4, -0.2) is 74.8 Å². The van der Waals surface area contributed by atoms with E-state index in [1.165, 1.54) is 11.1 Å². The highest BCUT2D eigenvalue weighted by molar-refractivity contribution is 5.74. The Bertz CT molecular complexity index is 798. The van der Waals surface area contributed by atoms with Crippen LogP contribution in [0.15, 0.2) is 24.3 Å². The van der Waals surface area contributed by atoms with E-state index in [4.69, 9.17) is 9.47 Å². The van der Waals surface area contributed by atoms with Crippen LogP contribution in [0.2, 0.25) is 0 Å². The topological polar surface area (TPSA) is 71.1 Å². The number of carbonyl (C=O) groups is 2. The number of nitrogens with one attached hydrogen (secondary N) is 1. The van der Waals surface area contributed by atoms with Gasteiger partial charge in [0.15, 0.2) is 0 Å². The molecular weight excluding hydrogens is 406 g/mol. The van der Waals surface area contributed by atoms with Gasteiger partial charge in [0.2, 0.25) is 5.91 Å². The molecule has 1 aromatic carbocycles. The van der Waals surface area contributed by atoms with Crippen LogP contribution in [0.1, 0.15) is 56.2 Å². The van der Waals surface area contributed by atoms with E-state index >= 15 is 0 Å². The van der Waals surface area contributed by atoms with E-state index in [0.717, 1.165) is 64.8 Å². The lowest BCUT2D eigenvalue weighted by Crippen LogP contribution is -2.46. The van der Waals surface area contributed by atoms with Crippen LogP contribution in [-0.2, 0) is 19.7 Å². The molecular formula is C25H37N3O4. The molecule has 2 amide bonds. The first-order valence-electron chi connectivity index (χ1n) is 12.0. The van der Waals surface area contributed by atoms with Gasteiger partial charge in [0, 0.05) is 39.1 Å². The Kier molecular flexibility index (Phi) is 7.36. The summed E-state index contributed by atoms with van der Waals surface area (Å²) in [5.74, 6) is 0.684. The Labute approximate surface area is 191 Å². The van der Waals surface area contributed by atoms with Gasteiger partial charge in [-0.2, -0.15) is 0 Å². The Morgan fingerprint density at radius 3 is 2.50 bits per heavy atom. The van der Waals surface area contributed by atoms with Crippen LogP contribution in [0.4, 0.5) is 4.79 Å². The predicted octanol–water partition coefficient (Wildman–Crippen LogP) is 3.10. The van der Waals surface area contributed by atoms with Gasteiger partial charge in [-0.15, -0.1) is 0 Å². The van der Waals surface area contributed by atoms with Crippen molar-refractivity contribution in [1.29, 1.82) is 0 Å². The van der Waals surface area contributed by atoms with Crippen molar-refractivity contribution in [3.63, 3.8) is 0 Å². The number of carbonyl (C=O) groups excluding carboxylic acids is 2. The van der Waals surface area contributed by atoms with Gasteiger partial charge in [-0.05, 0) is 62.2 Å². The van der Waals surface area contributed by atoms with Crippen molar-refractivity contribution in [3.8, 4) is 0 Å². The smallest absolute Gasteiger partial charge is 0.409 e. The van der Waals surface area contributed by atoms with E-state index in [9.17, 15) is 9.59 Å². The van der Waals surface area contributed by atoms with Crippen LogP contribution < -0.4 is 5.32 Å². The summed E-state index contributed by atoms with van der Waals surface area (Å²) < 4.78 is 10.2. The summed E-state index contributed by atoms with van der Waals surface area (Å²) >= 11 is 0. The minimum absolute atomic E-state index is 0.0493. The molecule has 7 nitrogen and oxygen atoms in total. The maximum atomic E-state index is 12.1. The van der Waals surface area contributed by atoms with Crippen LogP contribution in [0.25, 0.3) is 0 Å². The molecule has 32 heavy (non-hydrogen) atoms. The van der Waals surface area contributed by atoms with Crippen molar-refractivity contribution in [1.82, 2.24) is 15.1 Å². The first kappa shape index (κ1) is 23.1. The van der Waals surface area contributed by atoms with Crippen LogP contribution >= 0.6 is 0 Å². The number of hydrogen-bond donors (Lipinski definition) is 1. The summed E-state index contributed by atoms with van der Waals surface area (Å²) in [7, 11) is 1.61. The Morgan fingerprint density at radius 2 is 1.81 bits per heavy atom. The van der Waals surface area contributed by atoms with Crippen molar-refractivity contribution >= 4 is 12.0 Å². The molecule has 0 saturated carbocycles. The van der Waals surface area contributed by atoms with E-state index < -0.39 is 0 Å². The predicted molar refractivity (Wildman–Crippen MR) is 122 cm³/mol. The number of piperidine rings is 2. The number of benzene rings is 1. The molecule has 1 aromatic rings. The largest absolute Gasteiger partial charge is 0.447 e. The number of hydrogen-bond acceptors (Lipinski definition) is 5. The van der Waals surface area contributed by atoms with Gasteiger partial charge in [0.1, 0.15) is 6.61 Å². The number of ether oxygens (including phenoxy) is 2. The summed E-state index contributed by atoms with van der Waals surface area (Å²) in [5.41, 5.74) is 2.94. The molecule has 1 N–H and O–H groups in total. The molecule has 0 radical (unpaired) electrons. The summed E-state index contributed by atoms with van der Waals surface area (Å²) in [6.45, 7) is 7.23. The monoisotopic (exact) mass is 443 g/mol. The van der Waals surface area contributed by atoms with Crippen LogP contribution in [0.5, 0.6) is 0 Å². The van der Waals surface area contributed by atoms with Crippen LogP contribution in [0.3, 0.4) is 0 Å². The third-order valence-electron chi connectivity index (χ3n) is 7.60. The van der Waals surface area contributed by atoms with Gasteiger partial charge in [-0.25, -0.2) is 4.79 Å². The van der Waals surface area contributed by atoms with Gasteiger partial charge in [0.25, 0.3) is 0 Å². The molecule has 1 atom stereocenters. The lowest BCUT2D eigenvalue weighted by molar-refractivity contribution is -0.119. The molecule has 176 valence electrons. The molecule has 2 aliphatic heterocycles. The molecule has 1 spiro atoms. The minimum atomic E-state index is -0.214. The molecule has 2 heterocycles. The lowest BCUT2D eigenvalue weighted by Gasteiger charge is -2.42. The number of fused-ring (bicyclic) bond motifs is 2. The molecule has 3 aliphatic rings. The number of nitrogens with zero attached hydrogens (tertiary/aromatic N) is 2. The zero-order chi connectivity index (χ0) is 22.6. The van der Waals surface area contributed by atoms with Crippen molar-refractivity contribution in [3.05, 3.63) is 35.4 Å². The maximum absolute atomic E-state index is 12.1. The molecule has 2 fully saturated rings. The zero-order valence-corrected chi connectivity index (χ0v) is 19.5. The lowest BCUT2D eigenvalue weighted by atomic mass is 9.73. The Balaban J connectivity index is 1.26. The average Bonchev–Trinajstić information content (AvgIpc) is 3.08. The summed E-state index contributed by atoms with van der Waals surface area (Å²) in [6.07, 6.45) is 5.16. The second kappa shape index (κ2) is 10.2. The van der Waals surface area contributed by atoms with Gasteiger partial charge < -0.3 is 24.6 Å². The zero-order valence-electron chi connectivity index (χ0n) is 19.5. The molecule has 7 heteroatoms. The van der Waals surface area contributed by atoms with E-state index in [-0.39, 0.29) is 23.5 Å². The first-order valence-corrected chi connectivity index (χ1v) is 12.0. The number of methoxy groups -OCH3 is 1. The highest BCUT2D eigenvalue weighted by Gasteiger charge is 2.45. The Hall–Kier alpha value is -2.12. The third-order valence-corrected chi connectivity index (χ3v) is 7.60. The highest BCUT2D eigenvalue weighted by Crippen LogP contribution is 2.50. The van der Waals surface area contributed by atoms with Gasteiger partial charge in [-0.1, -0.05) is 24.3 Å². The fraction of sp³-hybridized carbons (Fsp3) is 0.680. The third kappa shape index (κ3) is 5.09. The fourth-order valence-electron chi connectivity index (χ4n) is 5.87. The normalized spacial score (nSPS) is 23.2. The SMILES string of the molecule is COCCOC(=O)N1CCC(CN2CCC3(CC2)C[C@H](NC(C)=O)c2ccccc23)CC1. The quantitative estimate of drug-likeness (QED) is 0.684. The average molecular weight is 444 g/mol. The van der Waals surface area contributed by atoms with Gasteiger partial charge in [0.05, 0.1) is 12.6 Å². The summed E-state index contributed by atoms with van der Waals surface area (Å²) in [5, 5.41) is 3.17. The summed E-state index contributed by atoms with van der Waals surface area (Å²) in [4.78, 5) is 28.3. The number of amides is 2. The molecule has 0 bridgehead atoms. The van der Waals surface area contributed by atoms with Gasteiger partial charge >= 0.3 is 6.09 Å². The standard InChI is InChI=1S/C25H37N3O4/c1-19(29)26-23-17-25(22-6-4-3-5-21(22)23)9-13-27(14-10-25)18-20-7-11-28(12-8-20)24(30)32-16-15-31-2/h3-6,20,23H,7-18H2,1-2H3,(H,26,29)/t23-/m0/s1. The second-order valence-corrected chi connectivity index (χ2v) is 9.66. The van der Waals surface area contributed by atoms with E-state index in [1.54, 1.807) is 14.0 Å². The highest BCUT2D eigenvalue weighted by atomic mass is 16.6. The molecule has 2 saturated heterocycles. The number of likely N-dealkylation sites (tertiary alicyclic amines) is 2. The van der Waals surface area contributed by atoms with Crippen LogP contribution in [0, 0.1) is 5.92 Å². The molecule has 0 aromatic heterocycles. The molecule has 4 rings (SSSR count). The summed E-state index contributed by atoms with van der Waals surface area (Å²) in [6, 6.07) is 8.82. The van der Waals surface area contributed by atoms with Crippen molar-refractivity contribution in [2.24, 2.45) is 5.92 Å². The second-order valence-electron chi connectivity index (χ2n) is 9.66. The first-order chi connectivity index (χ1) is 15.5. The molecule has 0 unspecified atom stereocenters. The van der Waals surface area contributed by atoms with Crippen molar-refractivity contribution in [2.45, 2.75) is 50.5 Å². The van der Waals surface area contributed by atoms with Gasteiger partial charge in [-0.3, -0.25) is 4.79 Å². The fourth-order valence-corrected chi connectivity index (χ4v) is 5.87. The van der Waals surface area contributed by atoms with E-state index in [2.05, 4.69) is 34.5 Å². The Morgan fingerprint density at radius 1 is 1.09 bits per heavy atom. The van der Waals surface area contributed by atoms with E-state index in [0.29, 0.717) is 19.1 Å². The minimum Gasteiger partial charge on any atom is -0.447 e.